The number of ether oxygens (including phenoxy) is 1. The molecule has 2 aromatic carbocycles. The molecule has 0 aliphatic carbocycles. The molecule has 0 saturated carbocycles. The first kappa shape index (κ1) is 17.1. The molecule has 1 aliphatic rings. The Morgan fingerprint density at radius 2 is 2.12 bits per heavy atom. The van der Waals surface area contributed by atoms with E-state index in [1.807, 2.05) is 31.2 Å². The van der Waals surface area contributed by atoms with Gasteiger partial charge in [-0.15, -0.1) is 0 Å². The molecule has 1 aliphatic heterocycles. The molecule has 0 spiro atoms. The van der Waals surface area contributed by atoms with Crippen molar-refractivity contribution in [3.05, 3.63) is 70.1 Å². The van der Waals surface area contributed by atoms with Crippen LogP contribution in [-0.2, 0) is 4.74 Å². The first-order valence-corrected chi connectivity index (χ1v) is 8.85. The maximum Gasteiger partial charge on any atom is 0.256 e. The van der Waals surface area contributed by atoms with Crippen LogP contribution in [0, 0.1) is 12.7 Å². The van der Waals surface area contributed by atoms with Crippen molar-refractivity contribution in [3.63, 3.8) is 0 Å². The molecule has 0 radical (unpaired) electrons. The molecule has 1 fully saturated rings. The number of hydrogen-bond acceptors (Lipinski definition) is 2. The number of carbonyl (C=O) groups is 1. The van der Waals surface area contributed by atoms with Crippen molar-refractivity contribution in [3.8, 4) is 0 Å². The maximum atomic E-state index is 13.7. The van der Waals surface area contributed by atoms with Crippen LogP contribution < -0.4 is 0 Å². The molecule has 26 heavy (non-hydrogen) atoms. The summed E-state index contributed by atoms with van der Waals surface area (Å²) < 4.78 is 19.5. The number of aromatic amines is 1. The third-order valence-corrected chi connectivity index (χ3v) is 5.11. The zero-order valence-corrected chi connectivity index (χ0v) is 15.0. The van der Waals surface area contributed by atoms with Crippen molar-refractivity contribution in [1.82, 2.24) is 9.88 Å². The molecule has 1 atom stereocenters. The van der Waals surface area contributed by atoms with Gasteiger partial charge in [0.05, 0.1) is 18.7 Å². The van der Waals surface area contributed by atoms with Crippen LogP contribution in [0.3, 0.4) is 0 Å². The van der Waals surface area contributed by atoms with Gasteiger partial charge < -0.3 is 14.6 Å². The minimum Gasteiger partial charge on any atom is -0.370 e. The molecular formula is C20H18ClFN2O2. The number of nitrogens with one attached hydrogen (secondary N) is 1. The van der Waals surface area contributed by atoms with Crippen LogP contribution in [0.15, 0.2) is 42.5 Å². The highest BCUT2D eigenvalue weighted by atomic mass is 35.5. The second kappa shape index (κ2) is 6.74. The number of halogens is 2. The van der Waals surface area contributed by atoms with Crippen LogP contribution in [0.25, 0.3) is 10.9 Å². The van der Waals surface area contributed by atoms with Crippen LogP contribution in [0.2, 0.25) is 5.02 Å². The third kappa shape index (κ3) is 2.97. The molecule has 4 nitrogen and oxygen atoms in total. The Hall–Kier alpha value is -2.37. The summed E-state index contributed by atoms with van der Waals surface area (Å²) in [5.41, 5.74) is 2.87. The summed E-state index contributed by atoms with van der Waals surface area (Å²) in [4.78, 5) is 18.1. The van der Waals surface area contributed by atoms with Gasteiger partial charge in [0.25, 0.3) is 5.91 Å². The highest BCUT2D eigenvalue weighted by Gasteiger charge is 2.29. The summed E-state index contributed by atoms with van der Waals surface area (Å²) in [5.74, 6) is -0.485. The first-order chi connectivity index (χ1) is 12.5. The van der Waals surface area contributed by atoms with Crippen LogP contribution in [0.5, 0.6) is 0 Å². The molecule has 1 aromatic heterocycles. The molecule has 1 unspecified atom stereocenters. The Balaban J connectivity index is 1.65. The molecule has 4 rings (SSSR count). The number of fused-ring (bicyclic) bond motifs is 1. The molecule has 1 N–H and O–H groups in total. The maximum absolute atomic E-state index is 13.7. The van der Waals surface area contributed by atoms with Crippen LogP contribution in [0.1, 0.15) is 27.7 Å². The molecule has 6 heteroatoms. The summed E-state index contributed by atoms with van der Waals surface area (Å²) in [6.07, 6.45) is -0.274. The summed E-state index contributed by atoms with van der Waals surface area (Å²) in [5, 5.41) is 1.23. The quantitative estimate of drug-likeness (QED) is 0.720. The van der Waals surface area contributed by atoms with E-state index in [4.69, 9.17) is 16.3 Å². The minimum atomic E-state index is -0.360. The van der Waals surface area contributed by atoms with Crippen molar-refractivity contribution in [2.75, 3.05) is 19.7 Å². The second-order valence-electron chi connectivity index (χ2n) is 6.45. The monoisotopic (exact) mass is 372 g/mol. The van der Waals surface area contributed by atoms with Crippen molar-refractivity contribution < 1.29 is 13.9 Å². The SMILES string of the molecule is Cc1[nH]c2ccc(F)cc2c1C(=O)N1CCOC(c2ccccc2Cl)C1. The number of morpholine rings is 1. The number of carbonyl (C=O) groups excluding carboxylic acids is 1. The lowest BCUT2D eigenvalue weighted by Gasteiger charge is -2.33. The smallest absolute Gasteiger partial charge is 0.256 e. The van der Waals surface area contributed by atoms with Gasteiger partial charge in [-0.3, -0.25) is 4.79 Å². The van der Waals surface area contributed by atoms with E-state index in [-0.39, 0.29) is 17.8 Å². The summed E-state index contributed by atoms with van der Waals surface area (Å²) in [6, 6.07) is 11.9. The average molecular weight is 373 g/mol. The topological polar surface area (TPSA) is 45.3 Å². The Kier molecular flexibility index (Phi) is 4.42. The molecule has 2 heterocycles. The Labute approximate surface area is 155 Å². The van der Waals surface area contributed by atoms with Crippen molar-refractivity contribution in [2.24, 2.45) is 0 Å². The van der Waals surface area contributed by atoms with Gasteiger partial charge in [0.1, 0.15) is 11.9 Å². The lowest BCUT2D eigenvalue weighted by atomic mass is 10.1. The van der Waals surface area contributed by atoms with Crippen molar-refractivity contribution in [2.45, 2.75) is 13.0 Å². The van der Waals surface area contributed by atoms with Gasteiger partial charge in [0, 0.05) is 33.7 Å². The van der Waals surface area contributed by atoms with Gasteiger partial charge in [-0.05, 0) is 31.2 Å². The Bertz CT molecular complexity index is 985. The fraction of sp³-hybridized carbons (Fsp3) is 0.250. The van der Waals surface area contributed by atoms with E-state index < -0.39 is 0 Å². The minimum absolute atomic E-state index is 0.125. The average Bonchev–Trinajstić information content (AvgIpc) is 2.96. The van der Waals surface area contributed by atoms with E-state index in [2.05, 4.69) is 4.98 Å². The van der Waals surface area contributed by atoms with E-state index in [1.165, 1.54) is 12.1 Å². The van der Waals surface area contributed by atoms with Gasteiger partial charge in [-0.2, -0.15) is 0 Å². The standard InChI is InChI=1S/C20H18ClFN2O2/c1-12-19(15-10-13(22)6-7-17(15)23-12)20(25)24-8-9-26-18(11-24)14-4-2-3-5-16(14)21/h2-7,10,18,23H,8-9,11H2,1H3. The predicted molar refractivity (Wildman–Crippen MR) is 99.0 cm³/mol. The molecule has 1 amide bonds. The lowest BCUT2D eigenvalue weighted by Crippen LogP contribution is -2.42. The zero-order chi connectivity index (χ0) is 18.3. The highest BCUT2D eigenvalue weighted by Crippen LogP contribution is 2.30. The largest absolute Gasteiger partial charge is 0.370 e. The summed E-state index contributed by atoms with van der Waals surface area (Å²) in [7, 11) is 0. The molecule has 0 bridgehead atoms. The van der Waals surface area contributed by atoms with Gasteiger partial charge in [0.15, 0.2) is 0 Å². The van der Waals surface area contributed by atoms with E-state index >= 15 is 0 Å². The number of nitrogens with zero attached hydrogens (tertiary/aromatic N) is 1. The van der Waals surface area contributed by atoms with Crippen molar-refractivity contribution in [1.29, 1.82) is 0 Å². The van der Waals surface area contributed by atoms with E-state index in [0.29, 0.717) is 35.7 Å². The molecule has 134 valence electrons. The summed E-state index contributed by atoms with van der Waals surface area (Å²) in [6.45, 7) is 3.15. The number of aromatic nitrogens is 1. The van der Waals surface area contributed by atoms with Gasteiger partial charge in [-0.25, -0.2) is 4.39 Å². The van der Waals surface area contributed by atoms with E-state index in [0.717, 1.165) is 16.8 Å². The lowest BCUT2D eigenvalue weighted by molar-refractivity contribution is -0.0227. The van der Waals surface area contributed by atoms with E-state index in [9.17, 15) is 9.18 Å². The van der Waals surface area contributed by atoms with Crippen LogP contribution in [0.4, 0.5) is 4.39 Å². The number of hydrogen-bond donors (Lipinski definition) is 1. The second-order valence-corrected chi connectivity index (χ2v) is 6.85. The third-order valence-electron chi connectivity index (χ3n) is 4.77. The number of rotatable bonds is 2. The van der Waals surface area contributed by atoms with Gasteiger partial charge in [-0.1, -0.05) is 29.8 Å². The molecule has 1 saturated heterocycles. The Morgan fingerprint density at radius 3 is 2.92 bits per heavy atom. The van der Waals surface area contributed by atoms with Crippen LogP contribution >= 0.6 is 11.6 Å². The Morgan fingerprint density at radius 1 is 1.31 bits per heavy atom. The first-order valence-electron chi connectivity index (χ1n) is 8.47. The van der Waals surface area contributed by atoms with Crippen LogP contribution in [-0.4, -0.2) is 35.5 Å². The van der Waals surface area contributed by atoms with Gasteiger partial charge >= 0.3 is 0 Å². The number of aryl methyl sites for hydroxylation is 1. The van der Waals surface area contributed by atoms with Gasteiger partial charge in [0.2, 0.25) is 0 Å². The number of H-pyrrole nitrogens is 1. The fourth-order valence-electron chi connectivity index (χ4n) is 3.49. The normalized spacial score (nSPS) is 17.7. The predicted octanol–water partition coefficient (Wildman–Crippen LogP) is 4.48. The molecule has 3 aromatic rings. The highest BCUT2D eigenvalue weighted by molar-refractivity contribution is 6.31. The number of amides is 1. The zero-order valence-electron chi connectivity index (χ0n) is 14.3. The number of benzene rings is 2. The summed E-state index contributed by atoms with van der Waals surface area (Å²) >= 11 is 6.28. The fourth-order valence-corrected chi connectivity index (χ4v) is 3.75. The van der Waals surface area contributed by atoms with E-state index in [1.54, 1.807) is 11.0 Å². The van der Waals surface area contributed by atoms with Crippen molar-refractivity contribution >= 4 is 28.4 Å². The molecular weight excluding hydrogens is 355 g/mol.